The summed E-state index contributed by atoms with van der Waals surface area (Å²) >= 11 is 0. The molecule has 0 aliphatic carbocycles. The number of amides is 1. The number of hydrogen-bond acceptors (Lipinski definition) is 4. The van der Waals surface area contributed by atoms with Crippen molar-refractivity contribution in [2.45, 2.75) is 17.2 Å². The molecule has 1 heterocycles. The third kappa shape index (κ3) is 3.57. The lowest BCUT2D eigenvalue weighted by molar-refractivity contribution is -0.137. The number of anilines is 1. The normalized spacial score (nSPS) is 17.0. The highest BCUT2D eigenvalue weighted by atomic mass is 32.2. The fourth-order valence-corrected chi connectivity index (χ4v) is 4.21. The molecule has 0 bridgehead atoms. The molecule has 1 aliphatic rings. The predicted octanol–water partition coefficient (Wildman–Crippen LogP) is 2.41. The average molecular weight is 400 g/mol. The van der Waals surface area contributed by atoms with E-state index in [-0.39, 0.29) is 18.0 Å². The maximum absolute atomic E-state index is 13.1. The maximum Gasteiger partial charge on any atom is 0.416 e. The van der Waals surface area contributed by atoms with E-state index in [2.05, 4.69) is 5.32 Å². The molecule has 3 rings (SSSR count). The van der Waals surface area contributed by atoms with Crippen LogP contribution in [0.1, 0.15) is 5.56 Å². The van der Waals surface area contributed by atoms with Gasteiger partial charge in [-0.05, 0) is 30.3 Å². The smallest absolute Gasteiger partial charge is 0.416 e. The minimum absolute atomic E-state index is 0.146. The zero-order chi connectivity index (χ0) is 19.8. The van der Waals surface area contributed by atoms with Gasteiger partial charge in [0.1, 0.15) is 5.75 Å². The number of para-hydroxylation sites is 2. The Labute approximate surface area is 153 Å². The molecule has 27 heavy (non-hydrogen) atoms. The Morgan fingerprint density at radius 3 is 2.56 bits per heavy atom. The minimum atomic E-state index is -4.68. The second kappa shape index (κ2) is 6.76. The lowest BCUT2D eigenvalue weighted by Crippen LogP contribution is -2.50. The van der Waals surface area contributed by atoms with Crippen LogP contribution in [0.3, 0.4) is 0 Å². The number of fused-ring (bicyclic) bond motifs is 1. The highest BCUT2D eigenvalue weighted by molar-refractivity contribution is 7.92. The maximum atomic E-state index is 13.1. The van der Waals surface area contributed by atoms with E-state index in [0.29, 0.717) is 6.07 Å². The first kappa shape index (κ1) is 19.0. The predicted molar refractivity (Wildman–Crippen MR) is 90.9 cm³/mol. The zero-order valence-corrected chi connectivity index (χ0v) is 14.8. The van der Waals surface area contributed by atoms with E-state index in [1.165, 1.54) is 19.2 Å². The van der Waals surface area contributed by atoms with Crippen LogP contribution in [0.15, 0.2) is 53.4 Å². The van der Waals surface area contributed by atoms with Crippen LogP contribution in [0.5, 0.6) is 5.75 Å². The van der Waals surface area contributed by atoms with Crippen LogP contribution in [-0.4, -0.2) is 34.0 Å². The van der Waals surface area contributed by atoms with Gasteiger partial charge in [-0.1, -0.05) is 18.2 Å². The third-order valence-electron chi connectivity index (χ3n) is 4.02. The summed E-state index contributed by atoms with van der Waals surface area (Å²) in [5.41, 5.74) is -0.928. The van der Waals surface area contributed by atoms with E-state index in [4.69, 9.17) is 4.74 Å². The number of carbonyl (C=O) groups excluding carboxylic acids is 1. The molecule has 2 aromatic rings. The van der Waals surface area contributed by atoms with Gasteiger partial charge >= 0.3 is 6.18 Å². The van der Waals surface area contributed by atoms with Gasteiger partial charge in [0.05, 0.1) is 22.7 Å². The highest BCUT2D eigenvalue weighted by Crippen LogP contribution is 2.38. The van der Waals surface area contributed by atoms with E-state index in [0.717, 1.165) is 22.5 Å². The molecule has 0 saturated heterocycles. The molecule has 1 amide bonds. The first-order chi connectivity index (χ1) is 12.6. The van der Waals surface area contributed by atoms with Crippen LogP contribution in [-0.2, 0) is 21.0 Å². The fraction of sp³-hybridized carbons (Fsp3) is 0.235. The molecule has 0 spiro atoms. The third-order valence-corrected chi connectivity index (χ3v) is 5.80. The zero-order valence-electron chi connectivity index (χ0n) is 14.0. The Kier molecular flexibility index (Phi) is 4.77. The van der Waals surface area contributed by atoms with E-state index in [1.54, 1.807) is 12.1 Å². The van der Waals surface area contributed by atoms with Gasteiger partial charge < -0.3 is 10.1 Å². The molecule has 1 unspecified atom stereocenters. The minimum Gasteiger partial charge on any atom is -0.476 e. The van der Waals surface area contributed by atoms with Gasteiger partial charge in [0.25, 0.3) is 15.9 Å². The van der Waals surface area contributed by atoms with Gasteiger partial charge in [0, 0.05) is 7.05 Å². The van der Waals surface area contributed by atoms with Crippen molar-refractivity contribution in [3.05, 3.63) is 54.1 Å². The molecule has 1 aliphatic heterocycles. The van der Waals surface area contributed by atoms with Crippen molar-refractivity contribution in [3.63, 3.8) is 0 Å². The van der Waals surface area contributed by atoms with Crippen molar-refractivity contribution in [2.24, 2.45) is 0 Å². The number of rotatable bonds is 3. The number of alkyl halides is 3. The summed E-state index contributed by atoms with van der Waals surface area (Å²) in [6.45, 7) is -0.366. The number of nitrogens with zero attached hydrogens (tertiary/aromatic N) is 1. The number of sulfonamides is 1. The number of carbonyl (C=O) groups is 1. The molecule has 10 heteroatoms. The van der Waals surface area contributed by atoms with Gasteiger partial charge in [-0.2, -0.15) is 13.2 Å². The molecule has 0 aromatic heterocycles. The fourth-order valence-electron chi connectivity index (χ4n) is 2.69. The molecule has 144 valence electrons. The number of ether oxygens (including phenoxy) is 1. The molecule has 1 atom stereocenters. The van der Waals surface area contributed by atoms with Crippen LogP contribution in [0.4, 0.5) is 18.9 Å². The molecule has 1 N–H and O–H groups in total. The van der Waals surface area contributed by atoms with E-state index < -0.39 is 38.7 Å². The molecule has 0 fully saturated rings. The average Bonchev–Trinajstić information content (AvgIpc) is 2.65. The highest BCUT2D eigenvalue weighted by Gasteiger charge is 2.38. The Hall–Kier alpha value is -2.75. The molecule has 0 radical (unpaired) electrons. The molecule has 6 nitrogen and oxygen atoms in total. The van der Waals surface area contributed by atoms with Gasteiger partial charge in [-0.3, -0.25) is 9.10 Å². The Bertz CT molecular complexity index is 976. The second-order valence-corrected chi connectivity index (χ2v) is 7.61. The Morgan fingerprint density at radius 1 is 1.19 bits per heavy atom. The topological polar surface area (TPSA) is 75.7 Å². The summed E-state index contributed by atoms with van der Waals surface area (Å²) in [6, 6.07) is 9.58. The molecular weight excluding hydrogens is 385 g/mol. The number of benzene rings is 2. The van der Waals surface area contributed by atoms with Crippen molar-refractivity contribution in [3.8, 4) is 5.75 Å². The van der Waals surface area contributed by atoms with E-state index in [1.807, 2.05) is 0 Å². The largest absolute Gasteiger partial charge is 0.476 e. The molecule has 0 saturated carbocycles. The van der Waals surface area contributed by atoms with Crippen molar-refractivity contribution < 1.29 is 31.1 Å². The van der Waals surface area contributed by atoms with Crippen LogP contribution in [0.2, 0.25) is 0 Å². The van der Waals surface area contributed by atoms with Crippen LogP contribution >= 0.6 is 0 Å². The van der Waals surface area contributed by atoms with E-state index in [9.17, 15) is 26.4 Å². The summed E-state index contributed by atoms with van der Waals surface area (Å²) in [5, 5.41) is 2.37. The first-order valence-electron chi connectivity index (χ1n) is 7.82. The lowest BCUT2D eigenvalue weighted by Gasteiger charge is -2.34. The van der Waals surface area contributed by atoms with Crippen molar-refractivity contribution in [2.75, 3.05) is 17.9 Å². The van der Waals surface area contributed by atoms with Crippen molar-refractivity contribution >= 4 is 21.6 Å². The van der Waals surface area contributed by atoms with Gasteiger partial charge in [0.15, 0.2) is 6.10 Å². The second-order valence-electron chi connectivity index (χ2n) is 5.75. The molecule has 2 aromatic carbocycles. The quantitative estimate of drug-likeness (QED) is 0.859. The first-order valence-corrected chi connectivity index (χ1v) is 9.26. The van der Waals surface area contributed by atoms with Gasteiger partial charge in [-0.15, -0.1) is 0 Å². The SMILES string of the molecule is CNC(=O)C1CN(S(=O)(=O)c2cccc(C(F)(F)F)c2)c2ccccc2O1. The standard InChI is InChI=1S/C17H15F3N2O4S/c1-21-16(23)15-10-22(13-7-2-3-8-14(13)26-15)27(24,25)12-6-4-5-11(9-12)17(18,19)20/h2-9,15H,10H2,1H3,(H,21,23). The number of hydrogen-bond donors (Lipinski definition) is 1. The Balaban J connectivity index is 2.09. The monoisotopic (exact) mass is 400 g/mol. The van der Waals surface area contributed by atoms with E-state index >= 15 is 0 Å². The van der Waals surface area contributed by atoms with Crippen LogP contribution in [0, 0.1) is 0 Å². The summed E-state index contributed by atoms with van der Waals surface area (Å²) in [4.78, 5) is 11.4. The number of halogens is 3. The van der Waals surface area contributed by atoms with Crippen molar-refractivity contribution in [1.82, 2.24) is 5.32 Å². The van der Waals surface area contributed by atoms with Crippen LogP contribution in [0.25, 0.3) is 0 Å². The number of nitrogens with one attached hydrogen (secondary N) is 1. The summed E-state index contributed by atoms with van der Waals surface area (Å²) in [7, 11) is -2.99. The summed E-state index contributed by atoms with van der Waals surface area (Å²) in [5.74, 6) is -0.401. The van der Waals surface area contributed by atoms with Gasteiger partial charge in [-0.25, -0.2) is 8.42 Å². The number of likely N-dealkylation sites (N-methyl/N-ethyl adjacent to an activating group) is 1. The van der Waals surface area contributed by atoms with Gasteiger partial charge in [0.2, 0.25) is 0 Å². The summed E-state index contributed by atoms with van der Waals surface area (Å²) in [6.07, 6.45) is -5.82. The lowest BCUT2D eigenvalue weighted by atomic mass is 10.2. The summed E-state index contributed by atoms with van der Waals surface area (Å²) < 4.78 is 71.4. The van der Waals surface area contributed by atoms with Crippen molar-refractivity contribution in [1.29, 1.82) is 0 Å². The van der Waals surface area contributed by atoms with Crippen LogP contribution < -0.4 is 14.4 Å². The Morgan fingerprint density at radius 2 is 1.89 bits per heavy atom. The molecular formula is C17H15F3N2O4S.